The SMILES string of the molecule is CO[C@@H]1CC[C@]2(OCC3CCCCC3)COC1(C)O2. The lowest BCUT2D eigenvalue weighted by Crippen LogP contribution is -2.50. The van der Waals surface area contributed by atoms with E-state index in [9.17, 15) is 0 Å². The first-order valence-corrected chi connectivity index (χ1v) is 7.67. The number of hydrogen-bond acceptors (Lipinski definition) is 4. The van der Waals surface area contributed by atoms with Gasteiger partial charge in [-0.3, -0.25) is 0 Å². The fourth-order valence-corrected chi connectivity index (χ4v) is 3.68. The Bertz CT molecular complexity index is 315. The molecule has 0 radical (unpaired) electrons. The molecule has 1 unspecified atom stereocenters. The minimum Gasteiger partial charge on any atom is -0.376 e. The molecule has 1 saturated carbocycles. The molecule has 4 heteroatoms. The predicted octanol–water partition coefficient (Wildman–Crippen LogP) is 2.85. The highest BCUT2D eigenvalue weighted by molar-refractivity contribution is 4.94. The average molecular weight is 270 g/mol. The highest BCUT2D eigenvalue weighted by atomic mass is 16.8. The summed E-state index contributed by atoms with van der Waals surface area (Å²) >= 11 is 0. The van der Waals surface area contributed by atoms with Crippen LogP contribution in [0.2, 0.25) is 0 Å². The third kappa shape index (κ3) is 2.68. The van der Waals surface area contributed by atoms with Crippen LogP contribution in [0, 0.1) is 5.92 Å². The highest BCUT2D eigenvalue weighted by Crippen LogP contribution is 2.45. The van der Waals surface area contributed by atoms with E-state index in [4.69, 9.17) is 18.9 Å². The lowest BCUT2D eigenvalue weighted by molar-refractivity contribution is -0.318. The third-order valence-corrected chi connectivity index (χ3v) is 4.93. The van der Waals surface area contributed by atoms with Crippen LogP contribution < -0.4 is 0 Å². The third-order valence-electron chi connectivity index (χ3n) is 4.93. The topological polar surface area (TPSA) is 36.9 Å². The van der Waals surface area contributed by atoms with Gasteiger partial charge in [0.1, 0.15) is 12.7 Å². The van der Waals surface area contributed by atoms with Gasteiger partial charge in [0.15, 0.2) is 11.6 Å². The second-order valence-corrected chi connectivity index (χ2v) is 6.40. The first-order valence-electron chi connectivity index (χ1n) is 7.67. The maximum absolute atomic E-state index is 6.16. The van der Waals surface area contributed by atoms with Gasteiger partial charge in [0.05, 0.1) is 6.61 Å². The Hall–Kier alpha value is -0.160. The van der Waals surface area contributed by atoms with Crippen LogP contribution in [0.3, 0.4) is 0 Å². The quantitative estimate of drug-likeness (QED) is 0.787. The molecule has 1 aliphatic carbocycles. The summed E-state index contributed by atoms with van der Waals surface area (Å²) in [7, 11) is 1.72. The van der Waals surface area contributed by atoms with E-state index >= 15 is 0 Å². The van der Waals surface area contributed by atoms with Crippen molar-refractivity contribution in [2.45, 2.75) is 69.5 Å². The molecule has 0 spiro atoms. The Morgan fingerprint density at radius 2 is 1.95 bits per heavy atom. The van der Waals surface area contributed by atoms with Crippen molar-refractivity contribution in [3.05, 3.63) is 0 Å². The van der Waals surface area contributed by atoms with Crippen molar-refractivity contribution in [3.8, 4) is 0 Å². The molecule has 2 aliphatic heterocycles. The number of rotatable bonds is 4. The maximum atomic E-state index is 6.16. The van der Waals surface area contributed by atoms with Crippen LogP contribution in [0.1, 0.15) is 51.9 Å². The summed E-state index contributed by atoms with van der Waals surface area (Å²) < 4.78 is 23.6. The van der Waals surface area contributed by atoms with Gasteiger partial charge in [0, 0.05) is 13.5 Å². The fraction of sp³-hybridized carbons (Fsp3) is 1.00. The molecule has 0 aromatic rings. The Labute approximate surface area is 115 Å². The summed E-state index contributed by atoms with van der Waals surface area (Å²) in [5.41, 5.74) is 0. The maximum Gasteiger partial charge on any atom is 0.195 e. The van der Waals surface area contributed by atoms with Gasteiger partial charge in [0.2, 0.25) is 0 Å². The summed E-state index contributed by atoms with van der Waals surface area (Å²) in [4.78, 5) is 0. The molecule has 2 saturated heterocycles. The Balaban J connectivity index is 1.56. The first kappa shape index (κ1) is 13.8. The molecule has 3 rings (SSSR count). The molecule has 0 N–H and O–H groups in total. The standard InChI is InChI=1S/C15H26O4/c1-14-13(16-2)8-9-15(19-14,11-18-14)17-10-12-6-4-3-5-7-12/h12-13H,3-11H2,1-2H3/t13-,14?,15-/m1/s1. The molecule has 0 aromatic carbocycles. The van der Waals surface area contributed by atoms with Crippen molar-refractivity contribution in [1.82, 2.24) is 0 Å². The van der Waals surface area contributed by atoms with Crippen molar-refractivity contribution in [1.29, 1.82) is 0 Å². The van der Waals surface area contributed by atoms with Crippen molar-refractivity contribution in [3.63, 3.8) is 0 Å². The summed E-state index contributed by atoms with van der Waals surface area (Å²) in [6, 6.07) is 0. The van der Waals surface area contributed by atoms with Gasteiger partial charge in [0.25, 0.3) is 0 Å². The first-order chi connectivity index (χ1) is 9.16. The Morgan fingerprint density at radius 1 is 1.16 bits per heavy atom. The molecule has 3 aliphatic rings. The fourth-order valence-electron chi connectivity index (χ4n) is 3.68. The molecule has 0 amide bonds. The van der Waals surface area contributed by atoms with Gasteiger partial charge in [-0.2, -0.15) is 0 Å². The lowest BCUT2D eigenvalue weighted by Gasteiger charge is -2.40. The van der Waals surface area contributed by atoms with E-state index in [1.807, 2.05) is 6.92 Å². The molecule has 3 atom stereocenters. The number of methoxy groups -OCH3 is 1. The van der Waals surface area contributed by atoms with Crippen molar-refractivity contribution >= 4 is 0 Å². The summed E-state index contributed by atoms with van der Waals surface area (Å²) in [6.07, 6.45) is 8.51. The molecule has 110 valence electrons. The normalized spacial score (nSPS) is 43.6. The monoisotopic (exact) mass is 270 g/mol. The lowest BCUT2D eigenvalue weighted by atomic mass is 9.90. The summed E-state index contributed by atoms with van der Waals surface area (Å²) in [5, 5.41) is 0. The van der Waals surface area contributed by atoms with Crippen molar-refractivity contribution in [2.24, 2.45) is 5.92 Å². The number of hydrogen-bond donors (Lipinski definition) is 0. The smallest absolute Gasteiger partial charge is 0.195 e. The van der Waals surface area contributed by atoms with Gasteiger partial charge >= 0.3 is 0 Å². The highest BCUT2D eigenvalue weighted by Gasteiger charge is 2.57. The van der Waals surface area contributed by atoms with Crippen LogP contribution in [0.4, 0.5) is 0 Å². The van der Waals surface area contributed by atoms with Crippen LogP contribution in [-0.4, -0.2) is 38.0 Å². The molecule has 4 nitrogen and oxygen atoms in total. The minimum absolute atomic E-state index is 0.0152. The minimum atomic E-state index is -0.625. The van der Waals surface area contributed by atoms with E-state index in [1.165, 1.54) is 32.1 Å². The number of ether oxygens (including phenoxy) is 4. The van der Waals surface area contributed by atoms with Crippen LogP contribution in [0.15, 0.2) is 0 Å². The van der Waals surface area contributed by atoms with Crippen LogP contribution >= 0.6 is 0 Å². The zero-order valence-electron chi connectivity index (χ0n) is 12.2. The second kappa shape index (κ2) is 5.32. The average Bonchev–Trinajstić information content (AvgIpc) is 2.71. The zero-order valence-corrected chi connectivity index (χ0v) is 12.2. The van der Waals surface area contributed by atoms with E-state index in [0.29, 0.717) is 12.5 Å². The van der Waals surface area contributed by atoms with E-state index in [1.54, 1.807) is 7.11 Å². The predicted molar refractivity (Wildman–Crippen MR) is 70.7 cm³/mol. The van der Waals surface area contributed by atoms with Crippen LogP contribution in [0.25, 0.3) is 0 Å². The van der Waals surface area contributed by atoms with Crippen molar-refractivity contribution in [2.75, 3.05) is 20.3 Å². The van der Waals surface area contributed by atoms with Gasteiger partial charge in [-0.05, 0) is 32.1 Å². The van der Waals surface area contributed by atoms with Gasteiger partial charge in [-0.15, -0.1) is 0 Å². The molecule has 2 bridgehead atoms. The Morgan fingerprint density at radius 3 is 2.68 bits per heavy atom. The number of fused-ring (bicyclic) bond motifs is 2. The zero-order chi connectivity index (χ0) is 13.3. The second-order valence-electron chi connectivity index (χ2n) is 6.40. The van der Waals surface area contributed by atoms with Crippen LogP contribution in [-0.2, 0) is 18.9 Å². The largest absolute Gasteiger partial charge is 0.376 e. The van der Waals surface area contributed by atoms with Gasteiger partial charge in [-0.25, -0.2) is 0 Å². The van der Waals surface area contributed by atoms with Gasteiger partial charge in [-0.1, -0.05) is 19.3 Å². The summed E-state index contributed by atoms with van der Waals surface area (Å²) in [6.45, 7) is 3.32. The molecular weight excluding hydrogens is 244 g/mol. The molecule has 0 aromatic heterocycles. The summed E-state index contributed by atoms with van der Waals surface area (Å²) in [5.74, 6) is -0.431. The Kier molecular flexibility index (Phi) is 3.87. The van der Waals surface area contributed by atoms with E-state index in [-0.39, 0.29) is 6.10 Å². The molecule has 2 heterocycles. The van der Waals surface area contributed by atoms with E-state index < -0.39 is 11.6 Å². The van der Waals surface area contributed by atoms with E-state index in [0.717, 1.165) is 19.4 Å². The van der Waals surface area contributed by atoms with Crippen molar-refractivity contribution < 1.29 is 18.9 Å². The molecular formula is C15H26O4. The van der Waals surface area contributed by atoms with E-state index in [2.05, 4.69) is 0 Å². The van der Waals surface area contributed by atoms with Gasteiger partial charge < -0.3 is 18.9 Å². The molecule has 3 fully saturated rings. The molecule has 19 heavy (non-hydrogen) atoms. The van der Waals surface area contributed by atoms with Crippen LogP contribution in [0.5, 0.6) is 0 Å².